The number of hydrogen-bond acceptors (Lipinski definition) is 2. The fraction of sp³-hybridized carbons (Fsp3) is 0.556. The van der Waals surface area contributed by atoms with Gasteiger partial charge in [-0.3, -0.25) is 19.4 Å². The monoisotopic (exact) mass is 196 g/mol. The van der Waals surface area contributed by atoms with Crippen LogP contribution in [0.2, 0.25) is 0 Å². The van der Waals surface area contributed by atoms with Crippen LogP contribution in [-0.4, -0.2) is 20.9 Å². The number of hydrogen-bond donors (Lipinski definition) is 2. The lowest BCUT2D eigenvalue weighted by molar-refractivity contribution is -0.137. The van der Waals surface area contributed by atoms with Gasteiger partial charge >= 0.3 is 5.97 Å². The second-order valence-corrected chi connectivity index (χ2v) is 3.70. The summed E-state index contributed by atoms with van der Waals surface area (Å²) < 4.78 is 1.42. The SMILES string of the molecule is Cn1[nH]c2c(c1=O)CCC2CC(=O)O. The Bertz CT molecular complexity index is 430. The molecule has 0 saturated heterocycles. The van der Waals surface area contributed by atoms with Gasteiger partial charge in [-0.05, 0) is 12.8 Å². The Labute approximate surface area is 80.3 Å². The largest absolute Gasteiger partial charge is 0.481 e. The quantitative estimate of drug-likeness (QED) is 0.710. The summed E-state index contributed by atoms with van der Waals surface area (Å²) in [4.78, 5) is 22.0. The van der Waals surface area contributed by atoms with E-state index in [-0.39, 0.29) is 17.9 Å². The number of aryl methyl sites for hydroxylation is 1. The van der Waals surface area contributed by atoms with E-state index in [0.29, 0.717) is 6.42 Å². The molecule has 1 heterocycles. The molecule has 0 fully saturated rings. The van der Waals surface area contributed by atoms with Gasteiger partial charge in [-0.15, -0.1) is 0 Å². The average Bonchev–Trinajstić information content (AvgIpc) is 2.57. The number of carboxylic acids is 1. The molecule has 1 aromatic heterocycles. The zero-order valence-electron chi connectivity index (χ0n) is 7.91. The first kappa shape index (κ1) is 9.05. The van der Waals surface area contributed by atoms with Crippen molar-refractivity contribution in [2.24, 2.45) is 7.05 Å². The molecule has 0 aliphatic heterocycles. The van der Waals surface area contributed by atoms with Crippen LogP contribution < -0.4 is 5.56 Å². The van der Waals surface area contributed by atoms with Crippen LogP contribution in [-0.2, 0) is 18.3 Å². The number of carbonyl (C=O) groups is 1. The Morgan fingerprint density at radius 1 is 1.71 bits per heavy atom. The fourth-order valence-electron chi connectivity index (χ4n) is 2.07. The topological polar surface area (TPSA) is 75.1 Å². The van der Waals surface area contributed by atoms with Crippen molar-refractivity contribution in [3.63, 3.8) is 0 Å². The number of nitrogens with zero attached hydrogens (tertiary/aromatic N) is 1. The van der Waals surface area contributed by atoms with Crippen LogP contribution in [0.3, 0.4) is 0 Å². The lowest BCUT2D eigenvalue weighted by Gasteiger charge is -2.05. The summed E-state index contributed by atoms with van der Waals surface area (Å²) in [5.74, 6) is -0.830. The van der Waals surface area contributed by atoms with Crippen molar-refractivity contribution in [2.45, 2.75) is 25.2 Å². The Morgan fingerprint density at radius 3 is 3.07 bits per heavy atom. The molecule has 1 aliphatic rings. The Hall–Kier alpha value is -1.52. The summed E-state index contributed by atoms with van der Waals surface area (Å²) >= 11 is 0. The molecule has 1 atom stereocenters. The van der Waals surface area contributed by atoms with Gasteiger partial charge in [0.05, 0.1) is 6.42 Å². The molecule has 5 nitrogen and oxygen atoms in total. The Morgan fingerprint density at radius 2 is 2.43 bits per heavy atom. The van der Waals surface area contributed by atoms with E-state index in [9.17, 15) is 9.59 Å². The minimum absolute atomic E-state index is 0.0172. The number of nitrogens with one attached hydrogen (secondary N) is 1. The molecule has 1 aliphatic carbocycles. The molecule has 0 spiro atoms. The van der Waals surface area contributed by atoms with Crippen molar-refractivity contribution >= 4 is 5.97 Å². The third kappa shape index (κ3) is 1.25. The third-order valence-electron chi connectivity index (χ3n) is 2.75. The number of aromatic nitrogens is 2. The lowest BCUT2D eigenvalue weighted by Crippen LogP contribution is -2.15. The van der Waals surface area contributed by atoms with Crippen LogP contribution in [0.25, 0.3) is 0 Å². The maximum Gasteiger partial charge on any atom is 0.304 e. The van der Waals surface area contributed by atoms with Gasteiger partial charge in [0.2, 0.25) is 0 Å². The van der Waals surface area contributed by atoms with Gasteiger partial charge in [-0.1, -0.05) is 0 Å². The van der Waals surface area contributed by atoms with E-state index in [4.69, 9.17) is 5.11 Å². The highest BCUT2D eigenvalue weighted by Gasteiger charge is 2.29. The third-order valence-corrected chi connectivity index (χ3v) is 2.75. The Kier molecular flexibility index (Phi) is 1.94. The van der Waals surface area contributed by atoms with Crippen LogP contribution in [0, 0.1) is 0 Å². The predicted octanol–water partition coefficient (Wildman–Crippen LogP) is 0.218. The van der Waals surface area contributed by atoms with Gasteiger partial charge in [0.25, 0.3) is 5.56 Å². The lowest BCUT2D eigenvalue weighted by atomic mass is 10.0. The summed E-state index contributed by atoms with van der Waals surface area (Å²) in [6, 6.07) is 0. The van der Waals surface area contributed by atoms with Gasteiger partial charge < -0.3 is 5.11 Å². The first-order chi connectivity index (χ1) is 6.59. The smallest absolute Gasteiger partial charge is 0.304 e. The maximum absolute atomic E-state index is 11.5. The van der Waals surface area contributed by atoms with Crippen molar-refractivity contribution in [1.29, 1.82) is 0 Å². The second-order valence-electron chi connectivity index (χ2n) is 3.70. The molecule has 2 N–H and O–H groups in total. The van der Waals surface area contributed by atoms with Crippen molar-refractivity contribution in [3.05, 3.63) is 21.6 Å². The highest BCUT2D eigenvalue weighted by atomic mass is 16.4. The molecule has 5 heteroatoms. The van der Waals surface area contributed by atoms with Gasteiger partial charge in [0, 0.05) is 24.2 Å². The van der Waals surface area contributed by atoms with Crippen molar-refractivity contribution < 1.29 is 9.90 Å². The number of rotatable bonds is 2. The summed E-state index contributed by atoms with van der Waals surface area (Å²) in [5, 5.41) is 11.6. The molecule has 76 valence electrons. The minimum Gasteiger partial charge on any atom is -0.481 e. The van der Waals surface area contributed by atoms with Crippen LogP contribution in [0.4, 0.5) is 0 Å². The van der Waals surface area contributed by atoms with Crippen molar-refractivity contribution in [2.75, 3.05) is 0 Å². The van der Waals surface area contributed by atoms with Crippen LogP contribution in [0.5, 0.6) is 0 Å². The maximum atomic E-state index is 11.5. The van der Waals surface area contributed by atoms with E-state index in [1.165, 1.54) is 4.68 Å². The van der Waals surface area contributed by atoms with Gasteiger partial charge in [0.15, 0.2) is 0 Å². The van der Waals surface area contributed by atoms with Crippen LogP contribution >= 0.6 is 0 Å². The molecule has 1 unspecified atom stereocenters. The minimum atomic E-state index is -0.812. The highest BCUT2D eigenvalue weighted by Crippen LogP contribution is 2.31. The van der Waals surface area contributed by atoms with E-state index >= 15 is 0 Å². The first-order valence-electron chi connectivity index (χ1n) is 4.59. The van der Waals surface area contributed by atoms with Crippen LogP contribution in [0.15, 0.2) is 4.79 Å². The Balaban J connectivity index is 2.35. The van der Waals surface area contributed by atoms with Gasteiger partial charge in [0.1, 0.15) is 0 Å². The van der Waals surface area contributed by atoms with E-state index in [1.54, 1.807) is 7.05 Å². The van der Waals surface area contributed by atoms with Crippen molar-refractivity contribution in [1.82, 2.24) is 9.78 Å². The predicted molar refractivity (Wildman–Crippen MR) is 49.3 cm³/mol. The summed E-state index contributed by atoms with van der Waals surface area (Å²) in [5.41, 5.74) is 1.56. The summed E-state index contributed by atoms with van der Waals surface area (Å²) in [6.07, 6.45) is 1.57. The fourth-order valence-corrected chi connectivity index (χ4v) is 2.07. The molecule has 0 saturated carbocycles. The molecule has 0 bridgehead atoms. The standard InChI is InChI=1S/C9H12N2O3/c1-11-9(14)6-3-2-5(4-7(12)13)8(6)10-11/h5,10H,2-4H2,1H3,(H,12,13). The number of fused-ring (bicyclic) bond motifs is 1. The van der Waals surface area contributed by atoms with Gasteiger partial charge in [-0.25, -0.2) is 0 Å². The number of aliphatic carboxylic acids is 1. The van der Waals surface area contributed by atoms with E-state index < -0.39 is 5.97 Å². The molecule has 0 amide bonds. The molecule has 1 aromatic rings. The molecule has 2 rings (SSSR count). The number of H-pyrrole nitrogens is 1. The molecule has 14 heavy (non-hydrogen) atoms. The zero-order chi connectivity index (χ0) is 10.3. The number of aromatic amines is 1. The van der Waals surface area contributed by atoms with E-state index in [2.05, 4.69) is 5.10 Å². The van der Waals surface area contributed by atoms with E-state index in [0.717, 1.165) is 17.7 Å². The van der Waals surface area contributed by atoms with Crippen molar-refractivity contribution in [3.8, 4) is 0 Å². The van der Waals surface area contributed by atoms with E-state index in [1.807, 2.05) is 0 Å². The first-order valence-corrected chi connectivity index (χ1v) is 4.59. The number of carboxylic acid groups (broad SMARTS) is 1. The highest BCUT2D eigenvalue weighted by molar-refractivity contribution is 5.68. The van der Waals surface area contributed by atoms with Gasteiger partial charge in [-0.2, -0.15) is 0 Å². The summed E-state index contributed by atoms with van der Waals surface area (Å²) in [6.45, 7) is 0. The molecular weight excluding hydrogens is 184 g/mol. The summed E-state index contributed by atoms with van der Waals surface area (Å²) in [7, 11) is 1.65. The molecule has 0 aromatic carbocycles. The molecular formula is C9H12N2O3. The zero-order valence-corrected chi connectivity index (χ0v) is 7.91. The normalized spacial score (nSPS) is 19.6. The van der Waals surface area contributed by atoms with Crippen LogP contribution in [0.1, 0.15) is 30.0 Å². The second kappa shape index (κ2) is 3.01. The average molecular weight is 196 g/mol. The molecule has 0 radical (unpaired) electrons.